The van der Waals surface area contributed by atoms with Gasteiger partial charge in [-0.15, -0.1) is 0 Å². The number of ether oxygens (including phenoxy) is 2. The molecule has 2 atom stereocenters. The molecule has 1 fully saturated rings. The minimum Gasteiger partial charge on any atom is -0.486 e. The van der Waals surface area contributed by atoms with Crippen molar-refractivity contribution in [3.05, 3.63) is 22.7 Å². The summed E-state index contributed by atoms with van der Waals surface area (Å²) in [5, 5.41) is 9.99. The summed E-state index contributed by atoms with van der Waals surface area (Å²) in [7, 11) is 0. The van der Waals surface area contributed by atoms with Gasteiger partial charge in [0.2, 0.25) is 0 Å². The van der Waals surface area contributed by atoms with Crippen LogP contribution in [0.25, 0.3) is 0 Å². The molecule has 0 saturated heterocycles. The highest BCUT2D eigenvalue weighted by Crippen LogP contribution is 2.59. The second-order valence-electron chi connectivity index (χ2n) is 5.01. The first-order valence-corrected chi connectivity index (χ1v) is 6.48. The molecule has 5 heteroatoms. The fourth-order valence-electron chi connectivity index (χ4n) is 2.62. The SMILES string of the molecule is NCC1(CO)CC1c1cc(Cl)c2c(c1)OCCO2. The maximum Gasteiger partial charge on any atom is 0.179 e. The van der Waals surface area contributed by atoms with Crippen molar-refractivity contribution in [3.63, 3.8) is 0 Å². The molecule has 2 unspecified atom stereocenters. The van der Waals surface area contributed by atoms with E-state index in [1.54, 1.807) is 0 Å². The minimum atomic E-state index is -0.174. The van der Waals surface area contributed by atoms with Crippen LogP contribution >= 0.6 is 11.6 Å². The number of hydrogen-bond acceptors (Lipinski definition) is 4. The Morgan fingerprint density at radius 2 is 2.17 bits per heavy atom. The molecule has 1 aliphatic heterocycles. The van der Waals surface area contributed by atoms with Crippen LogP contribution in [0.4, 0.5) is 0 Å². The van der Waals surface area contributed by atoms with Crippen LogP contribution in [0.5, 0.6) is 11.5 Å². The van der Waals surface area contributed by atoms with Gasteiger partial charge in [0, 0.05) is 12.0 Å². The van der Waals surface area contributed by atoms with Gasteiger partial charge in [0.15, 0.2) is 11.5 Å². The van der Waals surface area contributed by atoms with Gasteiger partial charge in [-0.05, 0) is 30.0 Å². The lowest BCUT2D eigenvalue weighted by atomic mass is 9.99. The van der Waals surface area contributed by atoms with Crippen LogP contribution in [-0.4, -0.2) is 31.5 Å². The second kappa shape index (κ2) is 4.30. The number of aliphatic hydroxyl groups excluding tert-OH is 1. The molecule has 4 nitrogen and oxygen atoms in total. The first-order valence-electron chi connectivity index (χ1n) is 6.10. The Bertz CT molecular complexity index is 474. The first kappa shape index (κ1) is 12.1. The van der Waals surface area contributed by atoms with E-state index >= 15 is 0 Å². The Balaban J connectivity index is 1.93. The Hall–Kier alpha value is -0.970. The molecule has 1 aromatic carbocycles. The average molecular weight is 270 g/mol. The van der Waals surface area contributed by atoms with E-state index in [1.807, 2.05) is 12.1 Å². The third-order valence-corrected chi connectivity index (χ3v) is 4.21. The van der Waals surface area contributed by atoms with E-state index in [-0.39, 0.29) is 17.9 Å². The van der Waals surface area contributed by atoms with Crippen LogP contribution in [0.3, 0.4) is 0 Å². The summed E-state index contributed by atoms with van der Waals surface area (Å²) >= 11 is 6.20. The molecule has 0 amide bonds. The summed E-state index contributed by atoms with van der Waals surface area (Å²) in [5.74, 6) is 1.58. The van der Waals surface area contributed by atoms with Crippen molar-refractivity contribution in [1.82, 2.24) is 0 Å². The molecular weight excluding hydrogens is 254 g/mol. The zero-order valence-electron chi connectivity index (χ0n) is 9.99. The Labute approximate surface area is 111 Å². The van der Waals surface area contributed by atoms with Crippen molar-refractivity contribution in [1.29, 1.82) is 0 Å². The van der Waals surface area contributed by atoms with Gasteiger partial charge >= 0.3 is 0 Å². The summed E-state index contributed by atoms with van der Waals surface area (Å²) < 4.78 is 11.0. The van der Waals surface area contributed by atoms with E-state index in [1.165, 1.54) is 0 Å². The van der Waals surface area contributed by atoms with Gasteiger partial charge in [-0.3, -0.25) is 0 Å². The molecule has 0 spiro atoms. The predicted molar refractivity (Wildman–Crippen MR) is 68.4 cm³/mol. The quantitative estimate of drug-likeness (QED) is 0.874. The summed E-state index contributed by atoms with van der Waals surface area (Å²) in [4.78, 5) is 0. The van der Waals surface area contributed by atoms with E-state index in [9.17, 15) is 5.11 Å². The normalized spacial score (nSPS) is 29.2. The van der Waals surface area contributed by atoms with Gasteiger partial charge in [-0.2, -0.15) is 0 Å². The van der Waals surface area contributed by atoms with E-state index in [2.05, 4.69) is 0 Å². The van der Waals surface area contributed by atoms with Gasteiger partial charge < -0.3 is 20.3 Å². The molecule has 0 radical (unpaired) electrons. The van der Waals surface area contributed by atoms with E-state index in [4.69, 9.17) is 26.8 Å². The molecular formula is C13H16ClNO3. The Morgan fingerprint density at radius 1 is 1.39 bits per heavy atom. The fraction of sp³-hybridized carbons (Fsp3) is 0.538. The van der Waals surface area contributed by atoms with Crippen molar-refractivity contribution in [2.45, 2.75) is 12.3 Å². The largest absolute Gasteiger partial charge is 0.486 e. The maximum absolute atomic E-state index is 9.43. The predicted octanol–water partition coefficient (Wildman–Crippen LogP) is 1.54. The van der Waals surface area contributed by atoms with Gasteiger partial charge in [-0.25, -0.2) is 0 Å². The number of aliphatic hydroxyl groups is 1. The number of nitrogens with two attached hydrogens (primary N) is 1. The fourth-order valence-corrected chi connectivity index (χ4v) is 2.89. The van der Waals surface area contributed by atoms with Gasteiger partial charge in [0.25, 0.3) is 0 Å². The lowest BCUT2D eigenvalue weighted by Crippen LogP contribution is -2.21. The van der Waals surface area contributed by atoms with Crippen LogP contribution in [0.1, 0.15) is 17.9 Å². The third-order valence-electron chi connectivity index (χ3n) is 3.93. The van der Waals surface area contributed by atoms with Crippen molar-refractivity contribution < 1.29 is 14.6 Å². The highest BCUT2D eigenvalue weighted by atomic mass is 35.5. The van der Waals surface area contributed by atoms with E-state index in [0.29, 0.717) is 36.3 Å². The van der Waals surface area contributed by atoms with Gasteiger partial charge in [-0.1, -0.05) is 11.6 Å². The van der Waals surface area contributed by atoms with Crippen molar-refractivity contribution in [2.24, 2.45) is 11.1 Å². The molecule has 18 heavy (non-hydrogen) atoms. The zero-order chi connectivity index (χ0) is 12.8. The summed E-state index contributed by atoms with van der Waals surface area (Å²) in [5.41, 5.74) is 6.63. The van der Waals surface area contributed by atoms with Crippen molar-refractivity contribution in [3.8, 4) is 11.5 Å². The molecule has 3 N–H and O–H groups in total. The highest BCUT2D eigenvalue weighted by Gasteiger charge is 2.53. The molecule has 0 aromatic heterocycles. The molecule has 2 aliphatic rings. The maximum atomic E-state index is 9.43. The van der Waals surface area contributed by atoms with Crippen LogP contribution < -0.4 is 15.2 Å². The van der Waals surface area contributed by atoms with Crippen molar-refractivity contribution in [2.75, 3.05) is 26.4 Å². The number of fused-ring (bicyclic) bond motifs is 1. The van der Waals surface area contributed by atoms with Crippen LogP contribution in [0.2, 0.25) is 5.02 Å². The number of benzene rings is 1. The Morgan fingerprint density at radius 3 is 2.83 bits per heavy atom. The monoisotopic (exact) mass is 269 g/mol. The van der Waals surface area contributed by atoms with Crippen LogP contribution in [-0.2, 0) is 0 Å². The minimum absolute atomic E-state index is 0.111. The first-order chi connectivity index (χ1) is 8.70. The topological polar surface area (TPSA) is 64.7 Å². The van der Waals surface area contributed by atoms with E-state index in [0.717, 1.165) is 12.0 Å². The molecule has 1 heterocycles. The smallest absolute Gasteiger partial charge is 0.179 e. The summed E-state index contributed by atoms with van der Waals surface area (Å²) in [6.07, 6.45) is 0.899. The molecule has 0 bridgehead atoms. The third kappa shape index (κ3) is 1.76. The number of halogens is 1. The van der Waals surface area contributed by atoms with Gasteiger partial charge in [0.05, 0.1) is 11.6 Å². The summed E-state index contributed by atoms with van der Waals surface area (Å²) in [6, 6.07) is 3.85. The molecule has 1 aliphatic carbocycles. The molecule has 98 valence electrons. The zero-order valence-corrected chi connectivity index (χ0v) is 10.7. The van der Waals surface area contributed by atoms with Crippen LogP contribution in [0, 0.1) is 5.41 Å². The summed E-state index contributed by atoms with van der Waals surface area (Å²) in [6.45, 7) is 1.67. The number of hydrogen-bond donors (Lipinski definition) is 2. The van der Waals surface area contributed by atoms with Gasteiger partial charge in [0.1, 0.15) is 13.2 Å². The Kier molecular flexibility index (Phi) is 2.88. The lowest BCUT2D eigenvalue weighted by Gasteiger charge is -2.21. The molecule has 1 aromatic rings. The molecule has 3 rings (SSSR count). The lowest BCUT2D eigenvalue weighted by molar-refractivity contribution is 0.171. The van der Waals surface area contributed by atoms with E-state index < -0.39 is 0 Å². The number of rotatable bonds is 3. The van der Waals surface area contributed by atoms with Crippen molar-refractivity contribution >= 4 is 11.6 Å². The average Bonchev–Trinajstić information content (AvgIpc) is 3.14. The highest BCUT2D eigenvalue weighted by molar-refractivity contribution is 6.32. The standard InChI is InChI=1S/C13H16ClNO3/c14-10-3-8(9-5-13(9,6-15)7-16)4-11-12(10)18-2-1-17-11/h3-4,9,16H,1-2,5-7,15H2. The van der Waals surface area contributed by atoms with Crippen LogP contribution in [0.15, 0.2) is 12.1 Å². The molecule has 1 saturated carbocycles. The second-order valence-corrected chi connectivity index (χ2v) is 5.42.